The summed E-state index contributed by atoms with van der Waals surface area (Å²) in [4.78, 5) is 30.3. The first kappa shape index (κ1) is 22.4. The molecule has 1 saturated heterocycles. The number of rotatable bonds is 9. The molecule has 1 aromatic carbocycles. The molecule has 0 spiro atoms. The summed E-state index contributed by atoms with van der Waals surface area (Å²) in [5, 5.41) is 0. The monoisotopic (exact) mass is 418 g/mol. The van der Waals surface area contributed by atoms with Crippen molar-refractivity contribution in [3.63, 3.8) is 0 Å². The van der Waals surface area contributed by atoms with E-state index in [2.05, 4.69) is 0 Å². The lowest BCUT2D eigenvalue weighted by Gasteiger charge is -2.44. The van der Waals surface area contributed by atoms with E-state index < -0.39 is 6.04 Å². The van der Waals surface area contributed by atoms with Gasteiger partial charge in [-0.25, -0.2) is 0 Å². The van der Waals surface area contributed by atoms with Gasteiger partial charge in [0.05, 0.1) is 14.2 Å². The van der Waals surface area contributed by atoms with Crippen LogP contribution in [0.4, 0.5) is 0 Å². The van der Waals surface area contributed by atoms with Crippen LogP contribution in [-0.4, -0.2) is 68.2 Å². The molecule has 7 heteroatoms. The van der Waals surface area contributed by atoms with Crippen LogP contribution in [0.2, 0.25) is 0 Å². The van der Waals surface area contributed by atoms with Gasteiger partial charge in [-0.2, -0.15) is 0 Å². The van der Waals surface area contributed by atoms with Crippen molar-refractivity contribution in [2.75, 3.05) is 40.5 Å². The number of nitrogens with zero attached hydrogens (tertiary/aromatic N) is 2. The number of piperazine rings is 1. The Labute approximate surface area is 179 Å². The maximum absolute atomic E-state index is 13.7. The number of hydrogen-bond donors (Lipinski definition) is 0. The Morgan fingerprint density at radius 3 is 2.43 bits per heavy atom. The molecular weight excluding hydrogens is 384 g/mol. The average Bonchev–Trinajstić information content (AvgIpc) is 2.78. The van der Waals surface area contributed by atoms with Crippen molar-refractivity contribution < 1.29 is 23.8 Å². The van der Waals surface area contributed by atoms with Crippen LogP contribution >= 0.6 is 0 Å². The first-order valence-corrected chi connectivity index (χ1v) is 11.0. The maximum atomic E-state index is 13.7. The zero-order chi connectivity index (χ0) is 21.5. The Bertz CT molecular complexity index is 732. The predicted octanol–water partition coefficient (Wildman–Crippen LogP) is 3.18. The van der Waals surface area contributed by atoms with Crippen LogP contribution in [-0.2, 0) is 14.3 Å². The molecule has 166 valence electrons. The van der Waals surface area contributed by atoms with Gasteiger partial charge in [0, 0.05) is 25.8 Å². The standard InChI is InChI=1S/C23H34N2O5/c1-4-30-14-8-13-24-21(26)16-25(18-9-6-5-7-10-18)23(27)22(24)17-11-12-19(28-2)20(15-17)29-3/h11-12,15,18,22H,4-10,13-14,16H2,1-3H3/t22-/m0/s1. The second kappa shape index (κ2) is 10.7. The van der Waals surface area contributed by atoms with Gasteiger partial charge in [-0.05, 0) is 43.9 Å². The summed E-state index contributed by atoms with van der Waals surface area (Å²) < 4.78 is 16.2. The number of hydrogen-bond acceptors (Lipinski definition) is 5. The number of benzene rings is 1. The fourth-order valence-electron chi connectivity index (χ4n) is 4.53. The highest BCUT2D eigenvalue weighted by atomic mass is 16.5. The maximum Gasteiger partial charge on any atom is 0.250 e. The number of amides is 2. The Kier molecular flexibility index (Phi) is 7.96. The molecule has 0 radical (unpaired) electrons. The summed E-state index contributed by atoms with van der Waals surface area (Å²) in [5.74, 6) is 1.16. The van der Waals surface area contributed by atoms with Gasteiger partial charge in [-0.3, -0.25) is 9.59 Å². The Morgan fingerprint density at radius 1 is 1.03 bits per heavy atom. The summed E-state index contributed by atoms with van der Waals surface area (Å²) in [6, 6.07) is 4.98. The lowest BCUT2D eigenvalue weighted by atomic mass is 9.91. The number of carbonyl (C=O) groups is 2. The summed E-state index contributed by atoms with van der Waals surface area (Å²) in [6.45, 7) is 3.81. The predicted molar refractivity (Wildman–Crippen MR) is 114 cm³/mol. The molecule has 1 heterocycles. The van der Waals surface area contributed by atoms with Crippen LogP contribution in [0.25, 0.3) is 0 Å². The molecule has 2 amide bonds. The first-order chi connectivity index (χ1) is 14.6. The SMILES string of the molecule is CCOCCCN1C(=O)CN(C2CCCCC2)C(=O)[C@@H]1c1ccc(OC)c(OC)c1. The minimum atomic E-state index is -0.644. The first-order valence-electron chi connectivity index (χ1n) is 11.0. The van der Waals surface area contributed by atoms with E-state index >= 15 is 0 Å². The van der Waals surface area contributed by atoms with Crippen LogP contribution in [0.5, 0.6) is 11.5 Å². The summed E-state index contributed by atoms with van der Waals surface area (Å²) >= 11 is 0. The van der Waals surface area contributed by atoms with Crippen LogP contribution in [0, 0.1) is 0 Å². The van der Waals surface area contributed by atoms with Gasteiger partial charge in [-0.15, -0.1) is 0 Å². The number of ether oxygens (including phenoxy) is 3. The Morgan fingerprint density at radius 2 is 1.77 bits per heavy atom. The van der Waals surface area contributed by atoms with Gasteiger partial charge < -0.3 is 24.0 Å². The van der Waals surface area contributed by atoms with Crippen LogP contribution in [0.1, 0.15) is 57.1 Å². The van der Waals surface area contributed by atoms with Gasteiger partial charge in [0.25, 0.3) is 5.91 Å². The second-order valence-corrected chi connectivity index (χ2v) is 7.91. The highest BCUT2D eigenvalue weighted by Crippen LogP contribution is 2.36. The van der Waals surface area contributed by atoms with E-state index in [0.29, 0.717) is 37.7 Å². The van der Waals surface area contributed by atoms with Crippen molar-refractivity contribution in [2.45, 2.75) is 57.5 Å². The molecular formula is C23H34N2O5. The third-order valence-corrected chi connectivity index (χ3v) is 6.09. The van der Waals surface area contributed by atoms with E-state index in [9.17, 15) is 9.59 Å². The molecule has 1 aromatic rings. The molecule has 1 saturated carbocycles. The molecule has 1 aliphatic carbocycles. The summed E-state index contributed by atoms with van der Waals surface area (Å²) in [7, 11) is 3.15. The Balaban J connectivity index is 1.90. The highest BCUT2D eigenvalue weighted by molar-refractivity contribution is 5.96. The van der Waals surface area contributed by atoms with Crippen molar-refractivity contribution in [1.82, 2.24) is 9.80 Å². The van der Waals surface area contributed by atoms with Crippen LogP contribution in [0.15, 0.2) is 18.2 Å². The van der Waals surface area contributed by atoms with Crippen molar-refractivity contribution in [2.24, 2.45) is 0 Å². The van der Waals surface area contributed by atoms with E-state index in [1.54, 1.807) is 25.2 Å². The van der Waals surface area contributed by atoms with Crippen LogP contribution < -0.4 is 9.47 Å². The van der Waals surface area contributed by atoms with E-state index in [0.717, 1.165) is 31.2 Å². The van der Waals surface area contributed by atoms with Crippen molar-refractivity contribution in [3.05, 3.63) is 23.8 Å². The average molecular weight is 419 g/mol. The third-order valence-electron chi connectivity index (χ3n) is 6.09. The van der Waals surface area contributed by atoms with E-state index in [1.807, 2.05) is 24.0 Å². The molecule has 0 N–H and O–H groups in total. The van der Waals surface area contributed by atoms with Gasteiger partial charge in [-0.1, -0.05) is 25.3 Å². The van der Waals surface area contributed by atoms with Crippen molar-refractivity contribution in [1.29, 1.82) is 0 Å². The van der Waals surface area contributed by atoms with Crippen LogP contribution in [0.3, 0.4) is 0 Å². The van der Waals surface area contributed by atoms with Gasteiger partial charge in [0.2, 0.25) is 5.91 Å². The normalized spacial score (nSPS) is 20.6. The van der Waals surface area contributed by atoms with Crippen molar-refractivity contribution in [3.8, 4) is 11.5 Å². The smallest absolute Gasteiger partial charge is 0.250 e. The number of carbonyl (C=O) groups excluding carboxylic acids is 2. The fraction of sp³-hybridized carbons (Fsp3) is 0.652. The molecule has 2 aliphatic rings. The molecule has 7 nitrogen and oxygen atoms in total. The zero-order valence-electron chi connectivity index (χ0n) is 18.4. The van der Waals surface area contributed by atoms with E-state index in [4.69, 9.17) is 14.2 Å². The second-order valence-electron chi connectivity index (χ2n) is 7.91. The molecule has 2 fully saturated rings. The largest absolute Gasteiger partial charge is 0.493 e. The van der Waals surface area contributed by atoms with Gasteiger partial charge in [0.15, 0.2) is 11.5 Å². The summed E-state index contributed by atoms with van der Waals surface area (Å²) in [5.41, 5.74) is 0.753. The fourth-order valence-corrected chi connectivity index (χ4v) is 4.53. The molecule has 0 aromatic heterocycles. The van der Waals surface area contributed by atoms with E-state index in [-0.39, 0.29) is 24.4 Å². The molecule has 1 atom stereocenters. The molecule has 3 rings (SSSR count). The van der Waals surface area contributed by atoms with Gasteiger partial charge in [0.1, 0.15) is 12.6 Å². The summed E-state index contributed by atoms with van der Waals surface area (Å²) in [6.07, 6.45) is 6.07. The van der Waals surface area contributed by atoms with Crippen molar-refractivity contribution >= 4 is 11.8 Å². The zero-order valence-corrected chi connectivity index (χ0v) is 18.4. The van der Waals surface area contributed by atoms with Gasteiger partial charge >= 0.3 is 0 Å². The molecule has 0 bridgehead atoms. The quantitative estimate of drug-likeness (QED) is 0.576. The van der Waals surface area contributed by atoms with E-state index in [1.165, 1.54) is 6.42 Å². The molecule has 30 heavy (non-hydrogen) atoms. The highest BCUT2D eigenvalue weighted by Gasteiger charge is 2.42. The minimum absolute atomic E-state index is 0.00328. The lowest BCUT2D eigenvalue weighted by molar-refractivity contribution is -0.159. The lowest BCUT2D eigenvalue weighted by Crippen LogP contribution is -2.58. The molecule has 0 unspecified atom stereocenters. The third kappa shape index (κ3) is 4.89. The minimum Gasteiger partial charge on any atom is -0.493 e. The number of methoxy groups -OCH3 is 2. The Hall–Kier alpha value is -2.28. The topological polar surface area (TPSA) is 68.3 Å². The molecule has 1 aliphatic heterocycles.